The third-order valence-corrected chi connectivity index (χ3v) is 3.12. The van der Waals surface area contributed by atoms with Crippen molar-refractivity contribution in [3.8, 4) is 0 Å². The lowest BCUT2D eigenvalue weighted by Crippen LogP contribution is -2.54. The predicted molar refractivity (Wildman–Crippen MR) is 65.4 cm³/mol. The zero-order valence-corrected chi connectivity index (χ0v) is 10.1. The van der Waals surface area contributed by atoms with Crippen LogP contribution in [0.1, 0.15) is 12.8 Å². The molecule has 0 spiro atoms. The summed E-state index contributed by atoms with van der Waals surface area (Å²) < 4.78 is 0. The molecule has 2 rings (SSSR count). The molecule has 6 nitrogen and oxygen atoms in total. The van der Waals surface area contributed by atoms with Crippen LogP contribution in [-0.4, -0.2) is 34.6 Å². The van der Waals surface area contributed by atoms with Crippen molar-refractivity contribution < 1.29 is 19.2 Å². The molecule has 0 saturated carbocycles. The van der Waals surface area contributed by atoms with Gasteiger partial charge in [0.05, 0.1) is 11.1 Å². The molecule has 2 aliphatic rings. The Balaban J connectivity index is 2.34. The van der Waals surface area contributed by atoms with Crippen molar-refractivity contribution >= 4 is 23.6 Å². The summed E-state index contributed by atoms with van der Waals surface area (Å²) in [7, 11) is 0. The van der Waals surface area contributed by atoms with E-state index in [1.807, 2.05) is 0 Å². The first kappa shape index (κ1) is 12.9. The van der Waals surface area contributed by atoms with Gasteiger partial charge in [0.2, 0.25) is 11.8 Å². The lowest BCUT2D eigenvalue weighted by atomic mass is 10.0. The molecule has 4 amide bonds. The molecule has 98 valence electrons. The van der Waals surface area contributed by atoms with Crippen LogP contribution in [0.5, 0.6) is 0 Å². The van der Waals surface area contributed by atoms with Crippen LogP contribution in [-0.2, 0) is 19.2 Å². The number of hydrogen-bond donors (Lipinski definition) is 1. The second-order valence-corrected chi connectivity index (χ2v) is 4.18. The second-order valence-electron chi connectivity index (χ2n) is 4.18. The quantitative estimate of drug-likeness (QED) is 0.714. The summed E-state index contributed by atoms with van der Waals surface area (Å²) in [4.78, 5) is 47.9. The maximum Gasteiger partial charge on any atom is 0.262 e. The average Bonchev–Trinajstić information content (AvgIpc) is 2.61. The third kappa shape index (κ3) is 1.91. The largest absolute Gasteiger partial charge is 0.295 e. The molecule has 1 N–H and O–H groups in total. The van der Waals surface area contributed by atoms with Crippen molar-refractivity contribution in [3.63, 3.8) is 0 Å². The van der Waals surface area contributed by atoms with Gasteiger partial charge in [-0.2, -0.15) is 0 Å². The molecule has 19 heavy (non-hydrogen) atoms. The van der Waals surface area contributed by atoms with Gasteiger partial charge in [-0.15, -0.1) is 0 Å². The van der Waals surface area contributed by atoms with Crippen molar-refractivity contribution in [1.29, 1.82) is 0 Å². The Labute approximate surface area is 109 Å². The zero-order chi connectivity index (χ0) is 14.2. The first-order chi connectivity index (χ1) is 9.01. The highest BCUT2D eigenvalue weighted by Gasteiger charge is 2.44. The molecule has 2 heterocycles. The number of piperidine rings is 1. The summed E-state index contributed by atoms with van der Waals surface area (Å²) in [6.45, 7) is 6.95. The number of nitrogens with one attached hydrogen (secondary N) is 1. The van der Waals surface area contributed by atoms with Crippen molar-refractivity contribution in [1.82, 2.24) is 10.2 Å². The van der Waals surface area contributed by atoms with Crippen LogP contribution in [0.15, 0.2) is 36.5 Å². The molecule has 1 fully saturated rings. The molecule has 0 aromatic heterocycles. The van der Waals surface area contributed by atoms with Gasteiger partial charge in [-0.25, -0.2) is 0 Å². The number of amides is 4. The highest BCUT2D eigenvalue weighted by atomic mass is 16.2. The maximum absolute atomic E-state index is 12.1. The van der Waals surface area contributed by atoms with E-state index in [0.717, 1.165) is 4.90 Å². The molecule has 0 bridgehead atoms. The van der Waals surface area contributed by atoms with Crippen LogP contribution in [0.3, 0.4) is 0 Å². The molecular weight excluding hydrogens is 248 g/mol. The molecular formula is C13H12N2O4. The van der Waals surface area contributed by atoms with Crippen LogP contribution in [0.4, 0.5) is 0 Å². The van der Waals surface area contributed by atoms with Crippen LogP contribution >= 0.6 is 0 Å². The standard InChI is InChI=1S/C13H12N2O4/c1-3-7-8(4-2)13(19)15(12(7)18)9-5-6-10(16)14-11(9)17/h3-4,9H,1-2,5-6H2,(H,14,16,17). The van der Waals surface area contributed by atoms with E-state index in [0.29, 0.717) is 0 Å². The van der Waals surface area contributed by atoms with Gasteiger partial charge in [0.25, 0.3) is 11.8 Å². The number of rotatable bonds is 3. The van der Waals surface area contributed by atoms with Crippen LogP contribution < -0.4 is 5.32 Å². The minimum absolute atomic E-state index is 0.0975. The fraction of sp³-hybridized carbons (Fsp3) is 0.231. The Morgan fingerprint density at radius 3 is 2.00 bits per heavy atom. The summed E-state index contributed by atoms with van der Waals surface area (Å²) in [6, 6.07) is -0.954. The van der Waals surface area contributed by atoms with Gasteiger partial charge in [-0.3, -0.25) is 29.4 Å². The smallest absolute Gasteiger partial charge is 0.262 e. The lowest BCUT2D eigenvalue weighted by Gasteiger charge is -2.28. The van der Waals surface area contributed by atoms with Gasteiger partial charge in [-0.1, -0.05) is 25.3 Å². The minimum atomic E-state index is -0.954. The van der Waals surface area contributed by atoms with E-state index in [2.05, 4.69) is 18.5 Å². The van der Waals surface area contributed by atoms with E-state index in [-0.39, 0.29) is 24.0 Å². The van der Waals surface area contributed by atoms with Gasteiger partial charge in [-0.05, 0) is 6.42 Å². The van der Waals surface area contributed by atoms with Crippen molar-refractivity contribution in [2.45, 2.75) is 18.9 Å². The number of hydrogen-bond acceptors (Lipinski definition) is 4. The summed E-state index contributed by atoms with van der Waals surface area (Å²) in [6.07, 6.45) is 2.77. The molecule has 0 aromatic rings. The number of carbonyl (C=O) groups is 4. The van der Waals surface area contributed by atoms with Crippen molar-refractivity contribution in [2.24, 2.45) is 0 Å². The molecule has 6 heteroatoms. The normalized spacial score (nSPS) is 23.8. The van der Waals surface area contributed by atoms with E-state index in [1.54, 1.807) is 0 Å². The number of nitrogens with zero attached hydrogens (tertiary/aromatic N) is 1. The Morgan fingerprint density at radius 1 is 1.05 bits per heavy atom. The summed E-state index contributed by atoms with van der Waals surface area (Å²) in [5.41, 5.74) is 0.259. The molecule has 1 unspecified atom stereocenters. The third-order valence-electron chi connectivity index (χ3n) is 3.12. The van der Waals surface area contributed by atoms with E-state index >= 15 is 0 Å². The maximum atomic E-state index is 12.1. The molecule has 0 radical (unpaired) electrons. The molecule has 0 aromatic carbocycles. The fourth-order valence-electron chi connectivity index (χ4n) is 2.19. The van der Waals surface area contributed by atoms with Gasteiger partial charge < -0.3 is 0 Å². The summed E-state index contributed by atoms with van der Waals surface area (Å²) >= 11 is 0. The van der Waals surface area contributed by atoms with Crippen LogP contribution in [0.2, 0.25) is 0 Å². The monoisotopic (exact) mass is 260 g/mol. The van der Waals surface area contributed by atoms with E-state index in [1.165, 1.54) is 12.2 Å². The Morgan fingerprint density at radius 2 is 1.58 bits per heavy atom. The predicted octanol–water partition coefficient (Wildman–Crippen LogP) is -0.171. The highest BCUT2D eigenvalue weighted by molar-refractivity contribution is 6.23. The average molecular weight is 260 g/mol. The minimum Gasteiger partial charge on any atom is -0.295 e. The molecule has 1 atom stereocenters. The first-order valence-electron chi connectivity index (χ1n) is 5.72. The molecule has 0 aliphatic carbocycles. The lowest BCUT2D eigenvalue weighted by molar-refractivity contribution is -0.149. The Hall–Kier alpha value is -2.50. The highest BCUT2D eigenvalue weighted by Crippen LogP contribution is 2.27. The van der Waals surface area contributed by atoms with Gasteiger partial charge in [0.15, 0.2) is 0 Å². The number of imide groups is 2. The van der Waals surface area contributed by atoms with E-state index in [4.69, 9.17) is 0 Å². The topological polar surface area (TPSA) is 83.6 Å². The van der Waals surface area contributed by atoms with E-state index < -0.39 is 29.7 Å². The second kappa shape index (κ2) is 4.64. The first-order valence-corrected chi connectivity index (χ1v) is 5.72. The van der Waals surface area contributed by atoms with Crippen molar-refractivity contribution in [3.05, 3.63) is 36.5 Å². The number of carbonyl (C=O) groups excluding carboxylic acids is 4. The summed E-state index contributed by atoms with van der Waals surface area (Å²) in [5.74, 6) is -2.19. The van der Waals surface area contributed by atoms with Crippen LogP contribution in [0.25, 0.3) is 0 Å². The van der Waals surface area contributed by atoms with Gasteiger partial charge >= 0.3 is 0 Å². The van der Waals surface area contributed by atoms with Crippen LogP contribution in [0, 0.1) is 0 Å². The SMILES string of the molecule is C=CC1=C(C=C)C(=O)N(C2CCC(=O)NC2=O)C1=O. The molecule has 1 saturated heterocycles. The van der Waals surface area contributed by atoms with Crippen molar-refractivity contribution in [2.75, 3.05) is 0 Å². The molecule has 2 aliphatic heterocycles. The Kier molecular flexibility index (Phi) is 3.16. The van der Waals surface area contributed by atoms with Gasteiger partial charge in [0, 0.05) is 6.42 Å². The summed E-state index contributed by atoms with van der Waals surface area (Å²) in [5, 5.41) is 2.12. The fourth-order valence-corrected chi connectivity index (χ4v) is 2.19. The zero-order valence-electron chi connectivity index (χ0n) is 10.1. The Bertz CT molecular complexity index is 529. The van der Waals surface area contributed by atoms with E-state index in [9.17, 15) is 19.2 Å². The van der Waals surface area contributed by atoms with Gasteiger partial charge in [0.1, 0.15) is 6.04 Å².